The van der Waals surface area contributed by atoms with Crippen molar-refractivity contribution in [1.29, 1.82) is 0 Å². The molecule has 6 nitrogen and oxygen atoms in total. The summed E-state index contributed by atoms with van der Waals surface area (Å²) in [5.74, 6) is 2.14. The summed E-state index contributed by atoms with van der Waals surface area (Å²) in [6, 6.07) is 25.9. The van der Waals surface area contributed by atoms with Crippen LogP contribution in [0.4, 0.5) is 11.4 Å². The monoisotopic (exact) mass is 656 g/mol. The van der Waals surface area contributed by atoms with Crippen molar-refractivity contribution in [2.24, 2.45) is 0 Å². The fourth-order valence-corrected chi connectivity index (χ4v) is 7.10. The molecule has 4 rings (SSSR count). The Bertz CT molecular complexity index is 1420. The summed E-state index contributed by atoms with van der Waals surface area (Å²) < 4.78 is 3.97. The van der Waals surface area contributed by atoms with Gasteiger partial charge in [-0.1, -0.05) is 58.0 Å². The number of benzene rings is 2. The third-order valence-electron chi connectivity index (χ3n) is 7.95. The molecule has 0 bridgehead atoms. The van der Waals surface area contributed by atoms with Gasteiger partial charge < -0.3 is 20.0 Å². The van der Waals surface area contributed by atoms with Crippen molar-refractivity contribution >= 4 is 56.3 Å². The number of anilines is 2. The lowest BCUT2D eigenvalue weighted by Gasteiger charge is -2.20. The Morgan fingerprint density at radius 2 is 0.935 bits per heavy atom. The van der Waals surface area contributed by atoms with Crippen molar-refractivity contribution in [3.8, 4) is 0 Å². The van der Waals surface area contributed by atoms with Gasteiger partial charge in [-0.25, -0.2) is 9.13 Å². The summed E-state index contributed by atoms with van der Waals surface area (Å²) in [6.07, 6.45) is 12.5. The van der Waals surface area contributed by atoms with Crippen molar-refractivity contribution in [3.63, 3.8) is 0 Å². The second kappa shape index (κ2) is 18.6. The van der Waals surface area contributed by atoms with Gasteiger partial charge in [-0.05, 0) is 71.5 Å². The van der Waals surface area contributed by atoms with Gasteiger partial charge in [-0.3, -0.25) is 0 Å². The summed E-state index contributed by atoms with van der Waals surface area (Å²) in [5, 5.41) is 18.2. The highest BCUT2D eigenvalue weighted by Crippen LogP contribution is 2.25. The zero-order valence-electron chi connectivity index (χ0n) is 27.5. The molecule has 2 aromatic heterocycles. The fourth-order valence-electron chi connectivity index (χ4n) is 5.01. The highest BCUT2D eigenvalue weighted by Gasteiger charge is 2.06. The van der Waals surface area contributed by atoms with Crippen LogP contribution < -0.4 is 18.9 Å². The van der Waals surface area contributed by atoms with Gasteiger partial charge in [0.2, 0.25) is 0 Å². The first-order chi connectivity index (χ1) is 22.4. The molecule has 0 unspecified atom stereocenters. The molecule has 0 aliphatic rings. The van der Waals surface area contributed by atoms with Gasteiger partial charge in [0.15, 0.2) is 37.9 Å². The second-order valence-corrected chi connectivity index (χ2v) is 14.1. The predicted molar refractivity (Wildman–Crippen MR) is 199 cm³/mol. The quantitative estimate of drug-likeness (QED) is 0.0789. The molecule has 2 N–H and O–H groups in total. The first-order valence-electron chi connectivity index (χ1n) is 15.8. The molecule has 8 heteroatoms. The molecule has 2 aromatic carbocycles. The Kier molecular flexibility index (Phi) is 14.2. The minimum Gasteiger partial charge on any atom is -0.390 e. The molecule has 0 spiro atoms. The van der Waals surface area contributed by atoms with E-state index in [-0.39, 0.29) is 13.2 Å². The van der Waals surface area contributed by atoms with Gasteiger partial charge in [0, 0.05) is 74.3 Å². The molecule has 46 heavy (non-hydrogen) atoms. The highest BCUT2D eigenvalue weighted by atomic mass is 33.1. The van der Waals surface area contributed by atoms with E-state index in [1.165, 1.54) is 44.8 Å². The molecule has 0 amide bonds. The summed E-state index contributed by atoms with van der Waals surface area (Å²) in [4.78, 5) is 4.64. The molecular weight excluding hydrogens is 609 g/mol. The lowest BCUT2D eigenvalue weighted by molar-refractivity contribution is -0.698. The van der Waals surface area contributed by atoms with E-state index >= 15 is 0 Å². The SMILES string of the molecule is C/C(=C\c1ccc(N(C)CCSSCCN(C)c2ccc(/C=C(\C)c3cc[n+](CCO)cc3)cc2)cc1)c1cc[n+](CCO)cc1. The first kappa shape index (κ1) is 35.3. The molecule has 0 fully saturated rings. The Labute approximate surface area is 283 Å². The minimum absolute atomic E-state index is 0.148. The number of nitrogens with zero attached hydrogens (tertiary/aromatic N) is 4. The second-order valence-electron chi connectivity index (χ2n) is 11.4. The Balaban J connectivity index is 1.15. The van der Waals surface area contributed by atoms with Gasteiger partial charge in [-0.2, -0.15) is 0 Å². The number of pyridine rings is 2. The molecule has 4 aromatic rings. The van der Waals surface area contributed by atoms with Gasteiger partial charge >= 0.3 is 0 Å². The van der Waals surface area contributed by atoms with Crippen LogP contribution in [0, 0.1) is 0 Å². The minimum atomic E-state index is 0.148. The van der Waals surface area contributed by atoms with Gasteiger partial charge in [0.25, 0.3) is 0 Å². The number of aliphatic hydroxyl groups is 2. The highest BCUT2D eigenvalue weighted by molar-refractivity contribution is 8.76. The van der Waals surface area contributed by atoms with E-state index in [2.05, 4.69) is 123 Å². The van der Waals surface area contributed by atoms with Crippen LogP contribution >= 0.6 is 21.6 Å². The third-order valence-corrected chi connectivity index (χ3v) is 10.3. The largest absolute Gasteiger partial charge is 0.390 e. The third kappa shape index (κ3) is 11.1. The average molecular weight is 657 g/mol. The van der Waals surface area contributed by atoms with Crippen LogP contribution in [-0.4, -0.2) is 62.1 Å². The van der Waals surface area contributed by atoms with Crippen LogP contribution in [0.2, 0.25) is 0 Å². The van der Waals surface area contributed by atoms with Crippen molar-refractivity contribution in [1.82, 2.24) is 0 Å². The van der Waals surface area contributed by atoms with Crippen LogP contribution in [-0.2, 0) is 13.1 Å². The van der Waals surface area contributed by atoms with Gasteiger partial charge in [0.05, 0.1) is 0 Å². The van der Waals surface area contributed by atoms with Crippen molar-refractivity contribution < 1.29 is 19.3 Å². The summed E-state index contributed by atoms with van der Waals surface area (Å²) in [7, 11) is 8.20. The number of rotatable bonds is 17. The van der Waals surface area contributed by atoms with E-state index in [0.717, 1.165) is 24.6 Å². The standard InChI is InChI=1S/C38H48N4O2S2/c1-31(35-13-17-41(18-14-35)21-25-43)29-33-5-9-37(10-6-33)39(3)23-27-45-46-28-24-40(4)38-11-7-34(8-12-38)30-32(2)36-15-19-42(20-16-36)22-26-44/h5-20,29-30,43-44H,21-28H2,1-4H3/q+2. The maximum absolute atomic E-state index is 9.11. The van der Waals surface area contributed by atoms with E-state index in [1.807, 2.05) is 55.5 Å². The zero-order valence-corrected chi connectivity index (χ0v) is 29.2. The van der Waals surface area contributed by atoms with E-state index in [9.17, 15) is 0 Å². The van der Waals surface area contributed by atoms with Crippen LogP contribution in [0.5, 0.6) is 0 Å². The molecular formula is C38H48N4O2S2+2. The molecule has 0 radical (unpaired) electrons. The topological polar surface area (TPSA) is 54.7 Å². The first-order valence-corrected chi connectivity index (χ1v) is 18.3. The van der Waals surface area contributed by atoms with Crippen LogP contribution in [0.15, 0.2) is 97.6 Å². The number of hydrogen-bond acceptors (Lipinski definition) is 6. The molecule has 0 aliphatic carbocycles. The molecule has 242 valence electrons. The van der Waals surface area contributed by atoms with E-state index in [0.29, 0.717) is 13.1 Å². The Morgan fingerprint density at radius 3 is 1.26 bits per heavy atom. The van der Waals surface area contributed by atoms with E-state index < -0.39 is 0 Å². The van der Waals surface area contributed by atoms with Crippen molar-refractivity contribution in [2.45, 2.75) is 26.9 Å². The maximum Gasteiger partial charge on any atom is 0.171 e. The number of hydrogen-bond donors (Lipinski definition) is 2. The van der Waals surface area contributed by atoms with Gasteiger partial charge in [-0.15, -0.1) is 0 Å². The number of aromatic nitrogens is 2. The summed E-state index contributed by atoms with van der Waals surface area (Å²) in [6.45, 7) is 7.80. The predicted octanol–water partition coefficient (Wildman–Crippen LogP) is 6.32. The summed E-state index contributed by atoms with van der Waals surface area (Å²) >= 11 is 0. The molecule has 0 saturated carbocycles. The van der Waals surface area contributed by atoms with Gasteiger partial charge in [0.1, 0.15) is 13.2 Å². The lowest BCUT2D eigenvalue weighted by atomic mass is 10.1. The van der Waals surface area contributed by atoms with Crippen molar-refractivity contribution in [2.75, 3.05) is 61.7 Å². The van der Waals surface area contributed by atoms with Crippen LogP contribution in [0.3, 0.4) is 0 Å². The molecule has 0 saturated heterocycles. The van der Waals surface area contributed by atoms with Crippen LogP contribution in [0.1, 0.15) is 36.1 Å². The van der Waals surface area contributed by atoms with Crippen molar-refractivity contribution in [3.05, 3.63) is 120 Å². The molecule has 0 aliphatic heterocycles. The fraction of sp³-hybridized carbons (Fsp3) is 0.316. The number of aliphatic hydroxyl groups excluding tert-OH is 2. The lowest BCUT2D eigenvalue weighted by Crippen LogP contribution is -2.34. The Morgan fingerprint density at radius 1 is 0.587 bits per heavy atom. The molecule has 2 heterocycles. The van der Waals surface area contributed by atoms with Crippen LogP contribution in [0.25, 0.3) is 23.3 Å². The zero-order chi connectivity index (χ0) is 32.7. The normalized spacial score (nSPS) is 12.0. The Hall–Kier alpha value is -3.56. The number of allylic oxidation sites excluding steroid dienone is 2. The molecule has 0 atom stereocenters. The average Bonchev–Trinajstić information content (AvgIpc) is 3.07. The van der Waals surface area contributed by atoms with E-state index in [1.54, 1.807) is 0 Å². The maximum atomic E-state index is 9.11. The smallest absolute Gasteiger partial charge is 0.171 e. The van der Waals surface area contributed by atoms with E-state index in [4.69, 9.17) is 10.2 Å². The summed E-state index contributed by atoms with van der Waals surface area (Å²) in [5.41, 5.74) is 9.65.